The van der Waals surface area contributed by atoms with E-state index in [1.807, 2.05) is 19.2 Å². The third-order valence-corrected chi connectivity index (χ3v) is 4.14. The Morgan fingerprint density at radius 3 is 2.35 bits per heavy atom. The van der Waals surface area contributed by atoms with Gasteiger partial charge in [-0.1, -0.05) is 12.1 Å². The Hall–Kier alpha value is -0.840. The van der Waals surface area contributed by atoms with Crippen LogP contribution in [-0.4, -0.2) is 11.2 Å². The number of aromatic nitrogens is 1. The average Bonchev–Trinajstić information content (AvgIpc) is 2.78. The standard InChI is InChI=1S/C13H16N2S2/c1-13(2,14)11-8-17-12(15-11)9-4-6-10(16-3)7-5-9/h4-8H,14H2,1-3H3. The van der Waals surface area contributed by atoms with Gasteiger partial charge in [-0.15, -0.1) is 23.1 Å². The molecule has 1 aromatic heterocycles. The summed E-state index contributed by atoms with van der Waals surface area (Å²) in [6.07, 6.45) is 2.08. The Kier molecular flexibility index (Phi) is 3.56. The molecule has 1 aromatic carbocycles. The van der Waals surface area contributed by atoms with E-state index < -0.39 is 0 Å². The molecule has 0 saturated heterocycles. The fraction of sp³-hybridized carbons (Fsp3) is 0.308. The van der Waals surface area contributed by atoms with Crippen LogP contribution in [0.3, 0.4) is 0 Å². The van der Waals surface area contributed by atoms with Gasteiger partial charge in [-0.2, -0.15) is 0 Å². The number of rotatable bonds is 3. The van der Waals surface area contributed by atoms with E-state index in [1.54, 1.807) is 23.1 Å². The molecule has 2 N–H and O–H groups in total. The van der Waals surface area contributed by atoms with E-state index in [0.717, 1.165) is 16.3 Å². The molecule has 0 unspecified atom stereocenters. The van der Waals surface area contributed by atoms with Gasteiger partial charge in [0.2, 0.25) is 0 Å². The molecule has 0 bridgehead atoms. The van der Waals surface area contributed by atoms with Gasteiger partial charge in [-0.05, 0) is 32.2 Å². The average molecular weight is 264 g/mol. The van der Waals surface area contributed by atoms with Crippen molar-refractivity contribution in [1.82, 2.24) is 4.98 Å². The van der Waals surface area contributed by atoms with Crippen LogP contribution in [0.2, 0.25) is 0 Å². The van der Waals surface area contributed by atoms with Gasteiger partial charge in [0.05, 0.1) is 11.2 Å². The van der Waals surface area contributed by atoms with Crippen molar-refractivity contribution < 1.29 is 0 Å². The predicted octanol–water partition coefficient (Wildman–Crippen LogP) is 3.73. The monoisotopic (exact) mass is 264 g/mol. The van der Waals surface area contributed by atoms with E-state index in [2.05, 4.69) is 35.5 Å². The molecule has 0 aliphatic heterocycles. The Bertz CT molecular complexity index is 495. The first-order valence-electron chi connectivity index (χ1n) is 5.40. The van der Waals surface area contributed by atoms with Crippen molar-refractivity contribution in [3.8, 4) is 10.6 Å². The zero-order valence-electron chi connectivity index (χ0n) is 10.2. The highest BCUT2D eigenvalue weighted by molar-refractivity contribution is 7.98. The normalized spacial score (nSPS) is 11.8. The highest BCUT2D eigenvalue weighted by Gasteiger charge is 2.18. The summed E-state index contributed by atoms with van der Waals surface area (Å²) in [6.45, 7) is 3.95. The van der Waals surface area contributed by atoms with Gasteiger partial charge in [0.25, 0.3) is 0 Å². The summed E-state index contributed by atoms with van der Waals surface area (Å²) in [5.41, 5.74) is 7.77. The minimum Gasteiger partial charge on any atom is -0.321 e. The number of thioether (sulfide) groups is 1. The molecule has 2 aromatic rings. The fourth-order valence-electron chi connectivity index (χ4n) is 1.44. The van der Waals surface area contributed by atoms with Crippen molar-refractivity contribution in [2.45, 2.75) is 24.3 Å². The van der Waals surface area contributed by atoms with Crippen LogP contribution in [0.1, 0.15) is 19.5 Å². The number of hydrogen-bond donors (Lipinski definition) is 1. The zero-order valence-corrected chi connectivity index (χ0v) is 11.9. The van der Waals surface area contributed by atoms with Gasteiger partial charge in [-0.3, -0.25) is 0 Å². The summed E-state index contributed by atoms with van der Waals surface area (Å²) >= 11 is 3.39. The Morgan fingerprint density at radius 1 is 1.24 bits per heavy atom. The van der Waals surface area contributed by atoms with Crippen LogP contribution in [0.5, 0.6) is 0 Å². The largest absolute Gasteiger partial charge is 0.321 e. The highest BCUT2D eigenvalue weighted by Crippen LogP contribution is 2.28. The number of thiazole rings is 1. The molecule has 2 rings (SSSR count). The molecule has 17 heavy (non-hydrogen) atoms. The summed E-state index contributed by atoms with van der Waals surface area (Å²) in [5.74, 6) is 0. The molecule has 1 heterocycles. The minimum absolute atomic E-state index is 0.367. The first-order chi connectivity index (χ1) is 8.00. The Morgan fingerprint density at radius 2 is 1.88 bits per heavy atom. The van der Waals surface area contributed by atoms with Crippen molar-refractivity contribution in [2.75, 3.05) is 6.26 Å². The van der Waals surface area contributed by atoms with Gasteiger partial charge < -0.3 is 5.73 Å². The smallest absolute Gasteiger partial charge is 0.123 e. The molecule has 0 radical (unpaired) electrons. The summed E-state index contributed by atoms with van der Waals surface area (Å²) < 4.78 is 0. The molecule has 4 heteroatoms. The van der Waals surface area contributed by atoms with Crippen LogP contribution in [0.15, 0.2) is 34.5 Å². The van der Waals surface area contributed by atoms with E-state index >= 15 is 0 Å². The maximum Gasteiger partial charge on any atom is 0.123 e. The zero-order chi connectivity index (χ0) is 12.5. The van der Waals surface area contributed by atoms with Crippen LogP contribution in [-0.2, 0) is 5.54 Å². The molecule has 2 nitrogen and oxygen atoms in total. The second-order valence-electron chi connectivity index (χ2n) is 4.49. The van der Waals surface area contributed by atoms with Crippen molar-refractivity contribution in [2.24, 2.45) is 5.73 Å². The van der Waals surface area contributed by atoms with Crippen molar-refractivity contribution in [3.05, 3.63) is 35.3 Å². The van der Waals surface area contributed by atoms with E-state index in [0.29, 0.717) is 0 Å². The van der Waals surface area contributed by atoms with E-state index in [-0.39, 0.29) is 5.54 Å². The van der Waals surface area contributed by atoms with E-state index in [9.17, 15) is 0 Å². The van der Waals surface area contributed by atoms with Crippen LogP contribution in [0, 0.1) is 0 Å². The Balaban J connectivity index is 2.30. The van der Waals surface area contributed by atoms with Crippen LogP contribution >= 0.6 is 23.1 Å². The molecular weight excluding hydrogens is 248 g/mol. The minimum atomic E-state index is -0.367. The van der Waals surface area contributed by atoms with Crippen molar-refractivity contribution in [3.63, 3.8) is 0 Å². The van der Waals surface area contributed by atoms with E-state index in [4.69, 9.17) is 5.73 Å². The maximum atomic E-state index is 6.03. The first-order valence-corrected chi connectivity index (χ1v) is 7.50. The third-order valence-electron chi connectivity index (χ3n) is 2.50. The second kappa shape index (κ2) is 4.80. The fourth-order valence-corrected chi connectivity index (χ4v) is 2.85. The highest BCUT2D eigenvalue weighted by atomic mass is 32.2. The van der Waals surface area contributed by atoms with Gasteiger partial charge in [0, 0.05) is 15.8 Å². The van der Waals surface area contributed by atoms with Crippen molar-refractivity contribution >= 4 is 23.1 Å². The molecule has 0 spiro atoms. The summed E-state index contributed by atoms with van der Waals surface area (Å²) in [7, 11) is 0. The summed E-state index contributed by atoms with van der Waals surface area (Å²) in [4.78, 5) is 5.86. The summed E-state index contributed by atoms with van der Waals surface area (Å²) in [5, 5.41) is 3.07. The molecule has 0 saturated carbocycles. The SMILES string of the molecule is CSc1ccc(-c2nc(C(C)(C)N)cs2)cc1. The predicted molar refractivity (Wildman–Crippen MR) is 76.5 cm³/mol. The lowest BCUT2D eigenvalue weighted by atomic mass is 10.0. The molecule has 0 aliphatic rings. The van der Waals surface area contributed by atoms with Crippen molar-refractivity contribution in [1.29, 1.82) is 0 Å². The van der Waals surface area contributed by atoms with Gasteiger partial charge in [0.1, 0.15) is 5.01 Å². The summed E-state index contributed by atoms with van der Waals surface area (Å²) in [6, 6.07) is 8.46. The van der Waals surface area contributed by atoms with Gasteiger partial charge in [0.15, 0.2) is 0 Å². The third kappa shape index (κ3) is 2.89. The molecule has 0 fully saturated rings. The van der Waals surface area contributed by atoms with Gasteiger partial charge in [-0.25, -0.2) is 4.98 Å². The van der Waals surface area contributed by atoms with Crippen LogP contribution in [0.4, 0.5) is 0 Å². The lowest BCUT2D eigenvalue weighted by Gasteiger charge is -2.14. The van der Waals surface area contributed by atoms with Crippen LogP contribution in [0.25, 0.3) is 10.6 Å². The Labute approximate surface area is 110 Å². The van der Waals surface area contributed by atoms with Gasteiger partial charge >= 0.3 is 0 Å². The second-order valence-corrected chi connectivity index (χ2v) is 6.23. The number of nitrogens with zero attached hydrogens (tertiary/aromatic N) is 1. The maximum absolute atomic E-state index is 6.03. The molecule has 0 atom stereocenters. The quantitative estimate of drug-likeness (QED) is 0.859. The van der Waals surface area contributed by atoms with E-state index in [1.165, 1.54) is 4.90 Å². The number of nitrogens with two attached hydrogens (primary N) is 1. The molecule has 90 valence electrons. The topological polar surface area (TPSA) is 38.9 Å². The number of hydrogen-bond acceptors (Lipinski definition) is 4. The first kappa shape index (κ1) is 12.6. The lowest BCUT2D eigenvalue weighted by molar-refractivity contribution is 0.539. The molecule has 0 amide bonds. The lowest BCUT2D eigenvalue weighted by Crippen LogP contribution is -2.28. The molecule has 0 aliphatic carbocycles. The molecular formula is C13H16N2S2. The van der Waals surface area contributed by atoms with Crippen LogP contribution < -0.4 is 5.73 Å². The number of benzene rings is 1.